The summed E-state index contributed by atoms with van der Waals surface area (Å²) in [5, 5.41) is 53.2. The minimum atomic E-state index is -2.52. The maximum Gasteiger partial charge on any atom is 0.338 e. The van der Waals surface area contributed by atoms with Crippen molar-refractivity contribution < 1.29 is 58.9 Å². The number of nitrogens with zero attached hydrogens (tertiary/aromatic N) is 2. The van der Waals surface area contributed by atoms with Crippen LogP contribution in [0.4, 0.5) is 0 Å². The Morgan fingerprint density at radius 3 is 1.80 bits per heavy atom. The zero-order chi connectivity index (χ0) is 35.3. The number of esters is 3. The van der Waals surface area contributed by atoms with Crippen LogP contribution in [0.25, 0.3) is 0 Å². The van der Waals surface area contributed by atoms with Crippen molar-refractivity contribution in [1.29, 1.82) is 0 Å². The van der Waals surface area contributed by atoms with E-state index in [1.54, 1.807) is 54.6 Å². The van der Waals surface area contributed by atoms with Gasteiger partial charge in [0.1, 0.15) is 31.0 Å². The zero-order valence-corrected chi connectivity index (χ0v) is 27.0. The topological polar surface area (TPSA) is 196 Å². The normalized spacial score (nSPS) is 25.4. The first-order chi connectivity index (χ1) is 23.5. The smallest absolute Gasteiger partial charge is 0.338 e. The molecule has 2 saturated heterocycles. The molecule has 5 rings (SSSR count). The minimum absolute atomic E-state index is 0.117. The Morgan fingerprint density at radius 2 is 1.31 bits per heavy atom. The van der Waals surface area contributed by atoms with E-state index in [0.29, 0.717) is 0 Å². The quantitative estimate of drug-likeness (QED) is 0.0986. The van der Waals surface area contributed by atoms with Crippen molar-refractivity contribution in [2.24, 2.45) is 0 Å². The molecule has 3 aromatic carbocycles. The molecule has 0 unspecified atom stereocenters. The predicted molar refractivity (Wildman–Crippen MR) is 174 cm³/mol. The summed E-state index contributed by atoms with van der Waals surface area (Å²) in [5.74, 6) is -2.45. The molecular weight excluding hydrogens is 660 g/mol. The van der Waals surface area contributed by atoms with Gasteiger partial charge < -0.3 is 49.4 Å². The van der Waals surface area contributed by atoms with Crippen molar-refractivity contribution in [2.75, 3.05) is 26.8 Å². The lowest BCUT2D eigenvalue weighted by atomic mass is 9.96. The molecule has 0 bridgehead atoms. The Morgan fingerprint density at radius 1 is 0.837 bits per heavy atom. The Kier molecular flexibility index (Phi) is 11.2. The number of thiocarbonyl (C=S) groups is 1. The van der Waals surface area contributed by atoms with Gasteiger partial charge in [-0.2, -0.15) is 0 Å². The van der Waals surface area contributed by atoms with Gasteiger partial charge in [-0.05, 0) is 48.6 Å². The number of β-amino-alcohol motifs (C(OH)–C–C–N with tert-alkyl or cyclic N) is 1. The number of benzene rings is 3. The van der Waals surface area contributed by atoms with Crippen molar-refractivity contribution in [3.8, 4) is 0 Å². The maximum atomic E-state index is 13.5. The molecular formula is C34H36N2O12S. The van der Waals surface area contributed by atoms with Gasteiger partial charge in [0.2, 0.25) is 0 Å². The number of hydrogen-bond acceptors (Lipinski definition) is 13. The Labute approximate surface area is 286 Å². The van der Waals surface area contributed by atoms with Crippen LogP contribution in [0.3, 0.4) is 0 Å². The second kappa shape index (κ2) is 15.4. The van der Waals surface area contributed by atoms with Gasteiger partial charge in [0.25, 0.3) is 0 Å². The standard InChI is InChI=1S/C34H36N2O12S/c1-35-19-34(44,28(40)25(39)23(38)17-37)36(33(35)49)29-27(48-32(43)22-15-9-4-10-16-22)26(47-31(42)21-13-7-3-8-14-21)24(46-29)18-45-30(41)20-11-5-2-6-12-20/h2-16,23-29,37-40,44H,17-19H2,1H3/t23-,24-,25-,26-,27-,28+,29-,34-/m1/s1. The average molecular weight is 697 g/mol. The lowest BCUT2D eigenvalue weighted by Crippen LogP contribution is -2.66. The molecule has 5 N–H and O–H groups in total. The van der Waals surface area contributed by atoms with Crippen LogP contribution in [0.2, 0.25) is 0 Å². The first-order valence-electron chi connectivity index (χ1n) is 15.3. The first-order valence-corrected chi connectivity index (χ1v) is 15.7. The molecule has 0 saturated carbocycles. The third kappa shape index (κ3) is 7.58. The summed E-state index contributed by atoms with van der Waals surface area (Å²) in [7, 11) is 1.47. The second-order valence-corrected chi connectivity index (χ2v) is 11.9. The van der Waals surface area contributed by atoms with E-state index in [0.717, 1.165) is 4.90 Å². The van der Waals surface area contributed by atoms with E-state index in [2.05, 4.69) is 0 Å². The summed E-state index contributed by atoms with van der Waals surface area (Å²) < 4.78 is 23.6. The monoisotopic (exact) mass is 696 g/mol. The highest BCUT2D eigenvalue weighted by atomic mass is 32.1. The number of ether oxygens (including phenoxy) is 4. The van der Waals surface area contributed by atoms with Crippen molar-refractivity contribution in [3.63, 3.8) is 0 Å². The van der Waals surface area contributed by atoms with Crippen molar-refractivity contribution in [3.05, 3.63) is 108 Å². The highest BCUT2D eigenvalue weighted by molar-refractivity contribution is 7.80. The number of carbonyl (C=O) groups is 3. The van der Waals surface area contributed by atoms with Crippen LogP contribution in [0.15, 0.2) is 91.0 Å². The molecule has 0 aromatic heterocycles. The second-order valence-electron chi connectivity index (χ2n) is 11.6. The van der Waals surface area contributed by atoms with E-state index in [1.807, 2.05) is 0 Å². The average Bonchev–Trinajstić information content (AvgIpc) is 3.57. The van der Waals surface area contributed by atoms with Gasteiger partial charge in [-0.1, -0.05) is 54.6 Å². The van der Waals surface area contributed by atoms with Crippen LogP contribution in [0.5, 0.6) is 0 Å². The summed E-state index contributed by atoms with van der Waals surface area (Å²) in [5.41, 5.74) is -2.04. The van der Waals surface area contributed by atoms with Gasteiger partial charge in [-0.3, -0.25) is 4.90 Å². The van der Waals surface area contributed by atoms with Crippen LogP contribution < -0.4 is 0 Å². The molecule has 2 aliphatic heterocycles. The van der Waals surface area contributed by atoms with E-state index in [4.69, 9.17) is 31.2 Å². The summed E-state index contributed by atoms with van der Waals surface area (Å²) in [6, 6.07) is 23.8. The highest BCUT2D eigenvalue weighted by Gasteiger charge is 2.62. The van der Waals surface area contributed by atoms with Gasteiger partial charge in [0.15, 0.2) is 29.3 Å². The Balaban J connectivity index is 1.56. The molecule has 0 radical (unpaired) electrons. The van der Waals surface area contributed by atoms with Crippen LogP contribution in [0.1, 0.15) is 31.1 Å². The number of carbonyl (C=O) groups excluding carboxylic acids is 3. The van der Waals surface area contributed by atoms with Gasteiger partial charge in [-0.25, -0.2) is 14.4 Å². The first kappa shape index (κ1) is 35.8. The number of hydrogen-bond donors (Lipinski definition) is 5. The lowest BCUT2D eigenvalue weighted by Gasteiger charge is -2.43. The zero-order valence-electron chi connectivity index (χ0n) is 26.2. The Hall–Kier alpha value is -4.48. The number of likely N-dealkylation sites (N-methyl/N-ethyl adjacent to an activating group) is 1. The summed E-state index contributed by atoms with van der Waals surface area (Å²) >= 11 is 5.59. The van der Waals surface area contributed by atoms with Crippen LogP contribution in [0, 0.1) is 0 Å². The van der Waals surface area contributed by atoms with Crippen molar-refractivity contribution in [1.82, 2.24) is 9.80 Å². The SMILES string of the molecule is CN1C[C@@](O)([C@@H](O)[C@H](O)[C@H](O)CO)N([C@@H]2O[C@H](COC(=O)c3ccccc3)[C@@H](OC(=O)c3ccccc3)[C@H]2OC(=O)c2ccccc2)C1=S. The molecule has 49 heavy (non-hydrogen) atoms. The fourth-order valence-corrected chi connectivity index (χ4v) is 5.99. The van der Waals surface area contributed by atoms with E-state index >= 15 is 0 Å². The lowest BCUT2D eigenvalue weighted by molar-refractivity contribution is -0.230. The molecule has 0 amide bonds. The van der Waals surface area contributed by atoms with Gasteiger partial charge >= 0.3 is 17.9 Å². The van der Waals surface area contributed by atoms with E-state index in [9.17, 15) is 39.9 Å². The summed E-state index contributed by atoms with van der Waals surface area (Å²) in [6.07, 6.45) is -12.2. The van der Waals surface area contributed by atoms with Gasteiger partial charge in [0.05, 0.1) is 29.8 Å². The van der Waals surface area contributed by atoms with Gasteiger partial charge in [-0.15, -0.1) is 0 Å². The van der Waals surface area contributed by atoms with Crippen LogP contribution >= 0.6 is 12.2 Å². The number of aliphatic hydroxyl groups excluding tert-OH is 4. The summed E-state index contributed by atoms with van der Waals surface area (Å²) in [6.45, 7) is -1.92. The molecule has 3 aromatic rings. The van der Waals surface area contributed by atoms with E-state index in [-0.39, 0.29) is 21.8 Å². The molecule has 14 nitrogen and oxygen atoms in total. The summed E-state index contributed by atoms with van der Waals surface area (Å²) in [4.78, 5) is 42.2. The maximum absolute atomic E-state index is 13.5. The third-order valence-corrected chi connectivity index (χ3v) is 8.74. The molecule has 0 spiro atoms. The molecule has 0 aliphatic carbocycles. The van der Waals surface area contributed by atoms with Crippen LogP contribution in [-0.2, 0) is 18.9 Å². The van der Waals surface area contributed by atoms with Gasteiger partial charge in [0, 0.05) is 7.05 Å². The molecule has 2 aliphatic rings. The molecule has 8 atom stereocenters. The predicted octanol–water partition coefficient (Wildman–Crippen LogP) is 0.315. The number of rotatable bonds is 12. The van der Waals surface area contributed by atoms with E-state index in [1.165, 1.54) is 48.3 Å². The largest absolute Gasteiger partial charge is 0.459 e. The molecule has 2 fully saturated rings. The fraction of sp³-hybridized carbons (Fsp3) is 0.353. The molecule has 15 heteroatoms. The van der Waals surface area contributed by atoms with Crippen molar-refractivity contribution >= 4 is 35.2 Å². The molecule has 2 heterocycles. The number of aliphatic hydroxyl groups is 5. The third-order valence-electron chi connectivity index (χ3n) is 8.23. The van der Waals surface area contributed by atoms with E-state index < -0.39 is 86.2 Å². The molecule has 260 valence electrons. The minimum Gasteiger partial charge on any atom is -0.459 e. The van der Waals surface area contributed by atoms with Crippen molar-refractivity contribution in [2.45, 2.75) is 48.6 Å². The Bertz CT molecular complexity index is 1620. The van der Waals surface area contributed by atoms with Crippen LogP contribution in [-0.4, -0.2) is 134 Å². The highest BCUT2D eigenvalue weighted by Crippen LogP contribution is 2.39. The fourth-order valence-electron chi connectivity index (χ4n) is 5.66.